The maximum Gasteiger partial charge on any atom is 0.329 e. The van der Waals surface area contributed by atoms with E-state index in [0.29, 0.717) is 16.3 Å². The van der Waals surface area contributed by atoms with Crippen molar-refractivity contribution in [1.29, 1.82) is 0 Å². The molecular weight excluding hydrogens is 306 g/mol. The van der Waals surface area contributed by atoms with Crippen LogP contribution in [0.3, 0.4) is 0 Å². The summed E-state index contributed by atoms with van der Waals surface area (Å²) < 4.78 is 0. The lowest BCUT2D eigenvalue weighted by atomic mass is 10.2. The molecule has 2 rings (SSSR count). The van der Waals surface area contributed by atoms with Gasteiger partial charge in [-0.2, -0.15) is 5.10 Å². The van der Waals surface area contributed by atoms with Crippen molar-refractivity contribution < 1.29 is 14.7 Å². The number of nitrogens with zero attached hydrogens (tertiary/aromatic N) is 1. The Morgan fingerprint density at radius 2 is 1.73 bits per heavy atom. The number of nitrogens with one attached hydrogen (secondary N) is 2. The fourth-order valence-corrected chi connectivity index (χ4v) is 1.73. The van der Waals surface area contributed by atoms with Gasteiger partial charge in [-0.05, 0) is 24.3 Å². The maximum absolute atomic E-state index is 11.7. The molecular formula is C15H12ClN3O3. The fourth-order valence-electron chi connectivity index (χ4n) is 1.55. The summed E-state index contributed by atoms with van der Waals surface area (Å²) in [5.41, 5.74) is 2.80. The molecule has 0 aliphatic rings. The van der Waals surface area contributed by atoms with Gasteiger partial charge in [-0.25, -0.2) is 5.43 Å². The van der Waals surface area contributed by atoms with Crippen LogP contribution in [0, 0.1) is 0 Å². The summed E-state index contributed by atoms with van der Waals surface area (Å²) in [5, 5.41) is 15.8. The van der Waals surface area contributed by atoms with Crippen LogP contribution in [-0.2, 0) is 9.59 Å². The minimum absolute atomic E-state index is 0.0148. The molecule has 112 valence electrons. The number of hydrogen-bond acceptors (Lipinski definition) is 4. The van der Waals surface area contributed by atoms with Crippen molar-refractivity contribution in [2.45, 2.75) is 0 Å². The topological polar surface area (TPSA) is 90.8 Å². The number of benzene rings is 2. The Bertz CT molecular complexity index is 731. The van der Waals surface area contributed by atoms with Gasteiger partial charge in [0.1, 0.15) is 5.75 Å². The first-order valence-electron chi connectivity index (χ1n) is 6.25. The summed E-state index contributed by atoms with van der Waals surface area (Å²) in [4.78, 5) is 23.3. The van der Waals surface area contributed by atoms with E-state index >= 15 is 0 Å². The summed E-state index contributed by atoms with van der Waals surface area (Å²) in [6.45, 7) is 0. The summed E-state index contributed by atoms with van der Waals surface area (Å²) in [7, 11) is 0. The average molecular weight is 318 g/mol. The smallest absolute Gasteiger partial charge is 0.329 e. The molecule has 0 spiro atoms. The van der Waals surface area contributed by atoms with Gasteiger partial charge < -0.3 is 10.4 Å². The number of rotatable bonds is 3. The van der Waals surface area contributed by atoms with E-state index < -0.39 is 11.8 Å². The lowest BCUT2D eigenvalue weighted by Gasteiger charge is -2.05. The highest BCUT2D eigenvalue weighted by molar-refractivity contribution is 6.41. The van der Waals surface area contributed by atoms with Crippen molar-refractivity contribution in [1.82, 2.24) is 5.43 Å². The predicted octanol–water partition coefficient (Wildman–Crippen LogP) is 2.13. The molecule has 0 aliphatic carbocycles. The summed E-state index contributed by atoms with van der Waals surface area (Å²) in [5.74, 6) is -1.84. The van der Waals surface area contributed by atoms with Crippen LogP contribution in [0.4, 0.5) is 5.69 Å². The SMILES string of the molecule is O=C(NN=Cc1ccccc1O)C(=O)Nc1ccccc1Cl. The van der Waals surface area contributed by atoms with Gasteiger partial charge in [0.15, 0.2) is 0 Å². The summed E-state index contributed by atoms with van der Waals surface area (Å²) in [6, 6.07) is 13.0. The molecule has 22 heavy (non-hydrogen) atoms. The van der Waals surface area contributed by atoms with E-state index in [1.165, 1.54) is 12.3 Å². The van der Waals surface area contributed by atoms with Gasteiger partial charge in [0.05, 0.1) is 16.9 Å². The number of carbonyl (C=O) groups is 2. The van der Waals surface area contributed by atoms with Crippen LogP contribution in [0.15, 0.2) is 53.6 Å². The van der Waals surface area contributed by atoms with E-state index in [1.54, 1.807) is 42.5 Å². The molecule has 0 saturated heterocycles. The molecule has 0 radical (unpaired) electrons. The van der Waals surface area contributed by atoms with Crippen LogP contribution in [0.5, 0.6) is 5.75 Å². The zero-order valence-electron chi connectivity index (χ0n) is 11.3. The fraction of sp³-hybridized carbons (Fsp3) is 0. The lowest BCUT2D eigenvalue weighted by Crippen LogP contribution is -2.32. The second-order valence-corrected chi connectivity index (χ2v) is 4.60. The molecule has 0 heterocycles. The normalized spacial score (nSPS) is 10.4. The van der Waals surface area contributed by atoms with Crippen molar-refractivity contribution in [3.8, 4) is 5.75 Å². The average Bonchev–Trinajstić information content (AvgIpc) is 2.51. The number of phenols is 1. The predicted molar refractivity (Wildman–Crippen MR) is 83.9 cm³/mol. The molecule has 2 aromatic carbocycles. The molecule has 0 bridgehead atoms. The molecule has 0 atom stereocenters. The van der Waals surface area contributed by atoms with Crippen LogP contribution in [-0.4, -0.2) is 23.1 Å². The zero-order valence-corrected chi connectivity index (χ0v) is 12.0. The van der Waals surface area contributed by atoms with Crippen molar-refractivity contribution in [3.63, 3.8) is 0 Å². The first-order chi connectivity index (χ1) is 10.6. The molecule has 3 N–H and O–H groups in total. The second-order valence-electron chi connectivity index (χ2n) is 4.19. The van der Waals surface area contributed by atoms with Gasteiger partial charge in [-0.1, -0.05) is 35.9 Å². The van der Waals surface area contributed by atoms with E-state index in [0.717, 1.165) is 0 Å². The minimum atomic E-state index is -0.952. The number of aromatic hydroxyl groups is 1. The Morgan fingerprint density at radius 1 is 1.05 bits per heavy atom. The third kappa shape index (κ3) is 4.07. The highest BCUT2D eigenvalue weighted by Crippen LogP contribution is 2.20. The van der Waals surface area contributed by atoms with E-state index in [1.807, 2.05) is 0 Å². The number of phenolic OH excluding ortho intramolecular Hbond substituents is 1. The number of carbonyl (C=O) groups excluding carboxylic acids is 2. The second kappa shape index (κ2) is 7.24. The van der Waals surface area contributed by atoms with E-state index in [-0.39, 0.29) is 5.75 Å². The molecule has 0 fully saturated rings. The number of hydrazone groups is 1. The van der Waals surface area contributed by atoms with Crippen molar-refractivity contribution >= 4 is 35.3 Å². The van der Waals surface area contributed by atoms with E-state index in [4.69, 9.17) is 11.6 Å². The number of anilines is 1. The number of halogens is 1. The highest BCUT2D eigenvalue weighted by atomic mass is 35.5. The van der Waals surface area contributed by atoms with Crippen LogP contribution < -0.4 is 10.7 Å². The van der Waals surface area contributed by atoms with Crippen LogP contribution in [0.25, 0.3) is 0 Å². The van der Waals surface area contributed by atoms with Crippen molar-refractivity contribution in [2.75, 3.05) is 5.32 Å². The van der Waals surface area contributed by atoms with Gasteiger partial charge in [-0.3, -0.25) is 9.59 Å². The first kappa shape index (κ1) is 15.5. The lowest BCUT2D eigenvalue weighted by molar-refractivity contribution is -0.136. The third-order valence-electron chi connectivity index (χ3n) is 2.63. The largest absolute Gasteiger partial charge is 0.507 e. The number of amides is 2. The van der Waals surface area contributed by atoms with Crippen LogP contribution >= 0.6 is 11.6 Å². The Labute approximate surface area is 131 Å². The number of hydrogen-bond donors (Lipinski definition) is 3. The Balaban J connectivity index is 1.94. The van der Waals surface area contributed by atoms with Crippen LogP contribution in [0.2, 0.25) is 5.02 Å². The molecule has 0 unspecified atom stereocenters. The van der Waals surface area contributed by atoms with Crippen molar-refractivity contribution in [2.24, 2.45) is 5.10 Å². The minimum Gasteiger partial charge on any atom is -0.507 e. The maximum atomic E-state index is 11.7. The molecule has 7 heteroatoms. The molecule has 6 nitrogen and oxygen atoms in total. The molecule has 0 saturated carbocycles. The van der Waals surface area contributed by atoms with Crippen molar-refractivity contribution in [3.05, 3.63) is 59.1 Å². The molecule has 2 aromatic rings. The van der Waals surface area contributed by atoms with E-state index in [9.17, 15) is 14.7 Å². The van der Waals surface area contributed by atoms with Gasteiger partial charge in [0, 0.05) is 5.56 Å². The zero-order chi connectivity index (χ0) is 15.9. The van der Waals surface area contributed by atoms with Gasteiger partial charge in [0.2, 0.25) is 0 Å². The quantitative estimate of drug-likeness (QED) is 0.460. The first-order valence-corrected chi connectivity index (χ1v) is 6.62. The molecule has 2 amide bonds. The van der Waals surface area contributed by atoms with E-state index in [2.05, 4.69) is 15.8 Å². The summed E-state index contributed by atoms with van der Waals surface area (Å²) in [6.07, 6.45) is 1.23. The Hall–Kier alpha value is -2.86. The molecule has 0 aliphatic heterocycles. The monoisotopic (exact) mass is 317 g/mol. The van der Waals surface area contributed by atoms with Gasteiger partial charge in [0.25, 0.3) is 0 Å². The molecule has 0 aromatic heterocycles. The number of para-hydroxylation sites is 2. The third-order valence-corrected chi connectivity index (χ3v) is 2.96. The Kier molecular flexibility index (Phi) is 5.11. The standard InChI is InChI=1S/C15H12ClN3O3/c16-11-6-2-3-7-12(11)18-14(21)15(22)19-17-9-10-5-1-4-8-13(10)20/h1-9,20H,(H,18,21)(H,19,22). The van der Waals surface area contributed by atoms with Gasteiger partial charge >= 0.3 is 11.8 Å². The highest BCUT2D eigenvalue weighted by Gasteiger charge is 2.14. The summed E-state index contributed by atoms with van der Waals surface area (Å²) >= 11 is 5.87. The van der Waals surface area contributed by atoms with Gasteiger partial charge in [-0.15, -0.1) is 0 Å². The van der Waals surface area contributed by atoms with Crippen LogP contribution in [0.1, 0.15) is 5.56 Å². The Morgan fingerprint density at radius 3 is 2.45 bits per heavy atom.